The molecule has 1 unspecified atom stereocenters. The van der Waals surface area contributed by atoms with Crippen LogP contribution < -0.4 is 0 Å². The van der Waals surface area contributed by atoms with Crippen LogP contribution in [0.2, 0.25) is 0 Å². The maximum atomic E-state index is 5.16. The van der Waals surface area contributed by atoms with E-state index in [-0.39, 0.29) is 0 Å². The van der Waals surface area contributed by atoms with Crippen molar-refractivity contribution in [2.45, 2.75) is 208 Å². The highest BCUT2D eigenvalue weighted by atomic mass is 32.2. The zero-order chi connectivity index (χ0) is 39.8. The molecule has 0 bridgehead atoms. The number of piperidine rings is 1. The van der Waals surface area contributed by atoms with Gasteiger partial charge in [0.1, 0.15) is 0 Å². The third-order valence-electron chi connectivity index (χ3n) is 12.3. The van der Waals surface area contributed by atoms with Crippen LogP contribution in [0.25, 0.3) is 0 Å². The second kappa shape index (κ2) is 30.2. The lowest BCUT2D eigenvalue weighted by atomic mass is 10.1. The standard InChI is InChI=1S/C9H19NO.C9H19N.C8H17N.C7H15N.C6H13NS.C6H13N/c1-8(2)10-6-4-5-9(10)7-11-3;1-8(2)10(3)9-6-4-5-7-9;1-8(2)9-6-4-3-5-7-9;1-7(2)8-5-3-4-6-8;1-6(2)7-3-4-8-5-7;1-6(2)7-4-3-5-7/h8-9H,4-7H2,1-3H3;8-9H,4-7H2,1-3H3;8H,3-7H2,1-2H3;7H,3-6H2,1-2H3;6H,3-5H2,1-2H3;6H,3-5H2,1-2H3. The number of nitrogens with zero attached hydrogens (tertiary/aromatic N) is 6. The summed E-state index contributed by atoms with van der Waals surface area (Å²) in [6.07, 6.45) is 16.9. The Bertz CT molecular complexity index is 794. The summed E-state index contributed by atoms with van der Waals surface area (Å²) in [7, 11) is 4.04. The number of hydrogen-bond acceptors (Lipinski definition) is 8. The molecule has 1 atom stereocenters. The molecule has 0 N–H and O–H groups in total. The second-order valence-corrected chi connectivity index (χ2v) is 19.3. The summed E-state index contributed by atoms with van der Waals surface area (Å²) >= 11 is 2.04. The predicted molar refractivity (Wildman–Crippen MR) is 239 cm³/mol. The Morgan fingerprint density at radius 2 is 0.962 bits per heavy atom. The second-order valence-electron chi connectivity index (χ2n) is 18.2. The largest absolute Gasteiger partial charge is 0.383 e. The Kier molecular flexibility index (Phi) is 29.1. The van der Waals surface area contributed by atoms with Gasteiger partial charge in [-0.2, -0.15) is 0 Å². The minimum absolute atomic E-state index is 0.678. The van der Waals surface area contributed by atoms with Gasteiger partial charge in [0, 0.05) is 73.6 Å². The summed E-state index contributed by atoms with van der Waals surface area (Å²) in [6.45, 7) is 38.6. The van der Waals surface area contributed by atoms with Gasteiger partial charge < -0.3 is 24.3 Å². The zero-order valence-electron chi connectivity index (χ0n) is 38.4. The Balaban J connectivity index is 0.000000320. The molecule has 0 aromatic rings. The van der Waals surface area contributed by atoms with E-state index in [2.05, 4.69) is 120 Å². The monoisotopic (exact) mass is 769 g/mol. The molecule has 6 fully saturated rings. The fourth-order valence-electron chi connectivity index (χ4n) is 8.03. The molecule has 5 saturated heterocycles. The molecular weight excluding hydrogens is 673 g/mol. The van der Waals surface area contributed by atoms with Crippen molar-refractivity contribution in [2.24, 2.45) is 0 Å². The first kappa shape index (κ1) is 51.1. The Hall–Kier alpha value is 0.0700. The molecule has 5 aliphatic heterocycles. The molecule has 0 aromatic heterocycles. The summed E-state index contributed by atoms with van der Waals surface area (Å²) < 4.78 is 5.16. The first-order chi connectivity index (χ1) is 25.2. The van der Waals surface area contributed by atoms with E-state index in [1.165, 1.54) is 141 Å². The van der Waals surface area contributed by atoms with E-state index in [9.17, 15) is 0 Å². The molecule has 318 valence electrons. The van der Waals surface area contributed by atoms with Crippen LogP contribution in [0.4, 0.5) is 0 Å². The lowest BCUT2D eigenvalue weighted by molar-refractivity contribution is 0.0984. The van der Waals surface area contributed by atoms with Gasteiger partial charge in [0.2, 0.25) is 0 Å². The molecule has 7 nitrogen and oxygen atoms in total. The third-order valence-corrected chi connectivity index (χ3v) is 13.3. The van der Waals surface area contributed by atoms with Gasteiger partial charge in [0.05, 0.1) is 6.61 Å². The van der Waals surface area contributed by atoms with Crippen LogP contribution in [0, 0.1) is 0 Å². The van der Waals surface area contributed by atoms with Crippen LogP contribution in [0.1, 0.15) is 160 Å². The number of hydrogen-bond donors (Lipinski definition) is 0. The van der Waals surface area contributed by atoms with E-state index >= 15 is 0 Å². The normalized spacial score (nSPS) is 23.4. The highest BCUT2D eigenvalue weighted by Gasteiger charge is 2.26. The maximum Gasteiger partial charge on any atom is 0.0618 e. The Morgan fingerprint density at radius 3 is 1.26 bits per heavy atom. The minimum Gasteiger partial charge on any atom is -0.383 e. The molecule has 5 heterocycles. The van der Waals surface area contributed by atoms with Crippen LogP contribution in [0.5, 0.6) is 0 Å². The van der Waals surface area contributed by atoms with Crippen molar-refractivity contribution in [1.82, 2.24) is 29.4 Å². The van der Waals surface area contributed by atoms with Gasteiger partial charge in [-0.1, -0.05) is 19.3 Å². The molecule has 53 heavy (non-hydrogen) atoms. The molecule has 1 aliphatic carbocycles. The first-order valence-electron chi connectivity index (χ1n) is 22.7. The summed E-state index contributed by atoms with van der Waals surface area (Å²) in [5.41, 5.74) is 0. The minimum atomic E-state index is 0.678. The number of thioether (sulfide) groups is 1. The fourth-order valence-corrected chi connectivity index (χ4v) is 9.18. The van der Waals surface area contributed by atoms with Gasteiger partial charge in [0.25, 0.3) is 0 Å². The topological polar surface area (TPSA) is 28.7 Å². The average Bonchev–Trinajstić information content (AvgIpc) is 3.93. The van der Waals surface area contributed by atoms with Gasteiger partial charge in [-0.05, 0) is 194 Å². The van der Waals surface area contributed by atoms with Crippen molar-refractivity contribution in [3.63, 3.8) is 0 Å². The fraction of sp³-hybridized carbons (Fsp3) is 1.00. The SMILES string of the molecule is CC(C)N(C)C1CCCC1.CC(C)N1CCC1.CC(C)N1CCCC1.CC(C)N1CCCCC1.CC(C)N1CCSC1.COCC1CCCN1C(C)C. The van der Waals surface area contributed by atoms with Crippen molar-refractivity contribution in [3.05, 3.63) is 0 Å². The lowest BCUT2D eigenvalue weighted by Crippen LogP contribution is -2.41. The van der Waals surface area contributed by atoms with Crippen LogP contribution in [0.3, 0.4) is 0 Å². The Labute approximate surface area is 338 Å². The number of methoxy groups -OCH3 is 1. The summed E-state index contributed by atoms with van der Waals surface area (Å²) in [6, 6.07) is 6.06. The molecule has 8 heteroatoms. The zero-order valence-corrected chi connectivity index (χ0v) is 39.2. The number of likely N-dealkylation sites (tertiary alicyclic amines) is 4. The van der Waals surface area contributed by atoms with Crippen molar-refractivity contribution in [3.8, 4) is 0 Å². The Morgan fingerprint density at radius 1 is 0.509 bits per heavy atom. The first-order valence-corrected chi connectivity index (χ1v) is 23.8. The van der Waals surface area contributed by atoms with E-state index in [1.54, 1.807) is 7.11 Å². The average molecular weight is 769 g/mol. The number of ether oxygens (including phenoxy) is 1. The van der Waals surface area contributed by atoms with E-state index in [4.69, 9.17) is 4.74 Å². The van der Waals surface area contributed by atoms with E-state index in [1.807, 2.05) is 11.8 Å². The van der Waals surface area contributed by atoms with E-state index in [0.29, 0.717) is 12.1 Å². The molecule has 1 saturated carbocycles. The highest BCUT2D eigenvalue weighted by molar-refractivity contribution is 7.99. The highest BCUT2D eigenvalue weighted by Crippen LogP contribution is 2.23. The molecule has 0 spiro atoms. The van der Waals surface area contributed by atoms with Gasteiger partial charge >= 0.3 is 0 Å². The van der Waals surface area contributed by atoms with Crippen LogP contribution in [0.15, 0.2) is 0 Å². The van der Waals surface area contributed by atoms with Gasteiger partial charge in [-0.15, -0.1) is 11.8 Å². The van der Waals surface area contributed by atoms with E-state index < -0.39 is 0 Å². The number of rotatable bonds is 9. The third kappa shape index (κ3) is 22.6. The van der Waals surface area contributed by atoms with Gasteiger partial charge in [-0.25, -0.2) is 0 Å². The summed E-state index contributed by atoms with van der Waals surface area (Å²) in [4.78, 5) is 15.1. The van der Waals surface area contributed by atoms with Crippen LogP contribution in [-0.2, 0) is 4.74 Å². The smallest absolute Gasteiger partial charge is 0.0618 e. The molecule has 0 aromatic carbocycles. The maximum absolute atomic E-state index is 5.16. The van der Waals surface area contributed by atoms with Gasteiger partial charge in [0.15, 0.2) is 0 Å². The molecule has 6 aliphatic rings. The summed E-state index contributed by atoms with van der Waals surface area (Å²) in [5, 5.41) is 0. The molecule has 6 rings (SSSR count). The van der Waals surface area contributed by atoms with Gasteiger partial charge in [-0.3, -0.25) is 9.80 Å². The molecular formula is C45H96N6OS. The van der Waals surface area contributed by atoms with Crippen molar-refractivity contribution in [2.75, 3.05) is 84.8 Å². The molecule has 0 amide bonds. The molecule has 0 radical (unpaired) electrons. The van der Waals surface area contributed by atoms with Crippen molar-refractivity contribution < 1.29 is 4.74 Å². The van der Waals surface area contributed by atoms with Crippen LogP contribution >= 0.6 is 11.8 Å². The summed E-state index contributed by atoms with van der Waals surface area (Å²) in [5.74, 6) is 2.58. The van der Waals surface area contributed by atoms with Crippen LogP contribution in [-0.4, -0.2) is 162 Å². The van der Waals surface area contributed by atoms with Crippen molar-refractivity contribution >= 4 is 11.8 Å². The quantitative estimate of drug-likeness (QED) is 0.229. The van der Waals surface area contributed by atoms with E-state index in [0.717, 1.165) is 42.9 Å². The predicted octanol–water partition coefficient (Wildman–Crippen LogP) is 9.65. The lowest BCUT2D eigenvalue weighted by Gasteiger charge is -2.34. The van der Waals surface area contributed by atoms with Crippen molar-refractivity contribution in [1.29, 1.82) is 0 Å².